The van der Waals surface area contributed by atoms with Gasteiger partial charge >= 0.3 is 6.09 Å². The molecule has 62 heavy (non-hydrogen) atoms. The maximum atomic E-state index is 13.6. The summed E-state index contributed by atoms with van der Waals surface area (Å²) in [7, 11) is 0.704. The van der Waals surface area contributed by atoms with Crippen LogP contribution in [0.5, 0.6) is 5.75 Å². The molecule has 0 spiro atoms. The molecule has 326 valence electrons. The quantitative estimate of drug-likeness (QED) is 0.0697. The highest BCUT2D eigenvalue weighted by Crippen LogP contribution is 2.36. The van der Waals surface area contributed by atoms with Crippen LogP contribution in [-0.4, -0.2) is 107 Å². The number of rotatable bonds is 11. The largest absolute Gasteiger partial charge is 0.478 e. The molecule has 2 fully saturated rings. The molecule has 4 amide bonds. The van der Waals surface area contributed by atoms with Crippen LogP contribution >= 0.6 is 0 Å². The highest BCUT2D eigenvalue weighted by molar-refractivity contribution is 6.76. The first kappa shape index (κ1) is 44.2. The lowest BCUT2D eigenvalue weighted by molar-refractivity contribution is -0.158. The third-order valence-corrected chi connectivity index (χ3v) is 13.0. The molecule has 3 aliphatic heterocycles. The van der Waals surface area contributed by atoms with Gasteiger partial charge in [0.25, 0.3) is 17.7 Å². The lowest BCUT2D eigenvalue weighted by atomic mass is 10.0. The first-order chi connectivity index (χ1) is 29.4. The molecular formula is C47H56N6O8Si. The number of hydrogen-bond donors (Lipinski definition) is 1. The molecule has 0 radical (unpaired) electrons. The van der Waals surface area contributed by atoms with E-state index in [2.05, 4.69) is 46.7 Å². The number of ether oxygens (including phenoxy) is 3. The fourth-order valence-corrected chi connectivity index (χ4v) is 8.78. The van der Waals surface area contributed by atoms with E-state index in [0.717, 1.165) is 47.0 Å². The molecule has 3 aliphatic rings. The normalized spacial score (nSPS) is 18.7. The summed E-state index contributed by atoms with van der Waals surface area (Å²) in [6.07, 6.45) is 2.97. The number of fused-ring (bicyclic) bond motifs is 2. The number of nitrogens with zero attached hydrogens (tertiary/aromatic N) is 5. The molecule has 1 N–H and O–H groups in total. The van der Waals surface area contributed by atoms with Gasteiger partial charge in [-0.2, -0.15) is 0 Å². The number of likely N-dealkylation sites (tertiary alicyclic amines) is 2. The van der Waals surface area contributed by atoms with Crippen molar-refractivity contribution in [2.45, 2.75) is 109 Å². The topological polar surface area (TPSA) is 153 Å². The van der Waals surface area contributed by atoms with Gasteiger partial charge in [-0.15, -0.1) is 0 Å². The van der Waals surface area contributed by atoms with Gasteiger partial charge in [0.2, 0.25) is 5.91 Å². The summed E-state index contributed by atoms with van der Waals surface area (Å²) >= 11 is 0. The summed E-state index contributed by atoms with van der Waals surface area (Å²) in [6, 6.07) is 15.9. The average Bonchev–Trinajstić information content (AvgIpc) is 3.90. The standard InChI is InChI=1S/C47H56N6O8Si/c1-30(14-15-31-11-9-12-35-36(31)28-51(44(35)56)38-20-21-42(54)52(45(38)57)29-59-23-24-62(6,7)8)60-34-18-16-32(17-19-34)43(55)49-41-26-39-33(27-48-41)25-40(37-13-10-22-50(37)5)53(39)46(58)61-47(2,3)4/h9,11-12,16-19,25-27,30,37-38H,10,13,20-24,28-29H2,1-8H3,(H,48,49,55)/t30-,37-,38?/m1/s1. The number of carbonyl (C=O) groups excluding carboxylic acids is 5. The highest BCUT2D eigenvalue weighted by Gasteiger charge is 2.43. The fraction of sp³-hybridized carbons (Fsp3) is 0.447. The van der Waals surface area contributed by atoms with E-state index in [4.69, 9.17) is 14.2 Å². The first-order valence-electron chi connectivity index (χ1n) is 21.3. The van der Waals surface area contributed by atoms with Gasteiger partial charge in [0.05, 0.1) is 11.6 Å². The van der Waals surface area contributed by atoms with Crippen molar-refractivity contribution in [2.24, 2.45) is 0 Å². The van der Waals surface area contributed by atoms with Gasteiger partial charge < -0.3 is 24.4 Å². The zero-order chi connectivity index (χ0) is 44.5. The Morgan fingerprint density at radius 1 is 1.02 bits per heavy atom. The Bertz CT molecular complexity index is 2460. The Kier molecular flexibility index (Phi) is 12.8. The molecule has 14 nitrogen and oxygen atoms in total. The van der Waals surface area contributed by atoms with Crippen molar-refractivity contribution in [1.29, 1.82) is 0 Å². The van der Waals surface area contributed by atoms with E-state index >= 15 is 0 Å². The van der Waals surface area contributed by atoms with Crippen LogP contribution in [-0.2, 0) is 25.6 Å². The fourth-order valence-electron chi connectivity index (χ4n) is 8.02. The van der Waals surface area contributed by atoms with Crippen LogP contribution in [0.4, 0.5) is 10.6 Å². The second-order valence-corrected chi connectivity index (χ2v) is 24.1. The number of anilines is 1. The molecular weight excluding hydrogens is 805 g/mol. The van der Waals surface area contributed by atoms with Gasteiger partial charge in [0.15, 0.2) is 6.10 Å². The monoisotopic (exact) mass is 860 g/mol. The third-order valence-electron chi connectivity index (χ3n) is 11.3. The van der Waals surface area contributed by atoms with Gasteiger partial charge in [0.1, 0.15) is 29.9 Å². The number of hydrogen-bond acceptors (Lipinski definition) is 10. The number of benzene rings is 2. The summed E-state index contributed by atoms with van der Waals surface area (Å²) in [4.78, 5) is 76.2. The first-order valence-corrected chi connectivity index (χ1v) is 25.0. The summed E-state index contributed by atoms with van der Waals surface area (Å²) in [5.41, 5.74) is 2.97. The van der Waals surface area contributed by atoms with Crippen LogP contribution < -0.4 is 10.1 Å². The van der Waals surface area contributed by atoms with E-state index in [1.54, 1.807) is 65.1 Å². The minimum atomic E-state index is -1.34. The average molecular weight is 861 g/mol. The van der Waals surface area contributed by atoms with E-state index in [-0.39, 0.29) is 49.9 Å². The van der Waals surface area contributed by atoms with Crippen LogP contribution in [0.25, 0.3) is 10.9 Å². The molecule has 0 saturated carbocycles. The molecule has 3 atom stereocenters. The molecule has 2 aromatic heterocycles. The minimum Gasteiger partial charge on any atom is -0.478 e. The molecule has 0 aliphatic carbocycles. The lowest BCUT2D eigenvalue weighted by Crippen LogP contribution is -2.55. The molecule has 15 heteroatoms. The van der Waals surface area contributed by atoms with Crippen molar-refractivity contribution < 1.29 is 38.2 Å². The molecule has 0 bridgehead atoms. The number of pyridine rings is 1. The van der Waals surface area contributed by atoms with Crippen LogP contribution in [0.2, 0.25) is 25.7 Å². The van der Waals surface area contributed by atoms with Gasteiger partial charge in [-0.1, -0.05) is 37.5 Å². The molecule has 2 saturated heterocycles. The predicted octanol–water partition coefficient (Wildman–Crippen LogP) is 7.44. The second-order valence-electron chi connectivity index (χ2n) is 18.5. The Morgan fingerprint density at radius 2 is 1.77 bits per heavy atom. The van der Waals surface area contributed by atoms with E-state index < -0.39 is 37.8 Å². The van der Waals surface area contributed by atoms with Crippen molar-refractivity contribution in [1.82, 2.24) is 24.3 Å². The van der Waals surface area contributed by atoms with Crippen LogP contribution in [0, 0.1) is 11.8 Å². The predicted molar refractivity (Wildman–Crippen MR) is 237 cm³/mol. The molecule has 1 unspecified atom stereocenters. The van der Waals surface area contributed by atoms with Gasteiger partial charge in [0, 0.05) is 67.7 Å². The summed E-state index contributed by atoms with van der Waals surface area (Å²) in [5.74, 6) is 5.72. The Hall–Kier alpha value is -5.82. The number of imide groups is 1. The number of carbonyl (C=O) groups is 5. The minimum absolute atomic E-state index is 0.0507. The van der Waals surface area contributed by atoms with Crippen molar-refractivity contribution in [3.05, 3.63) is 88.7 Å². The smallest absolute Gasteiger partial charge is 0.419 e. The van der Waals surface area contributed by atoms with Crippen molar-refractivity contribution in [2.75, 3.05) is 32.2 Å². The van der Waals surface area contributed by atoms with Crippen molar-refractivity contribution >= 4 is 54.5 Å². The molecule has 7 rings (SSSR count). The zero-order valence-electron chi connectivity index (χ0n) is 36.9. The lowest BCUT2D eigenvalue weighted by Gasteiger charge is -2.35. The SMILES string of the molecule is C[C@H](C#Cc1cccc2c1CN(C1CCC(=O)N(COCC[Si](C)(C)C)C1=O)C2=O)Oc1ccc(C(=O)Nc2cc3c(cn2)cc([C@H]2CCCN2C)n3C(=O)OC(C)(C)C)cc1. The number of nitrogens with one attached hydrogen (secondary N) is 1. The van der Waals surface area contributed by atoms with Crippen LogP contribution in [0.15, 0.2) is 60.8 Å². The highest BCUT2D eigenvalue weighted by atomic mass is 28.3. The summed E-state index contributed by atoms with van der Waals surface area (Å²) < 4.78 is 19.2. The Labute approximate surface area is 363 Å². The van der Waals surface area contributed by atoms with Gasteiger partial charge in [-0.05, 0) is 115 Å². The van der Waals surface area contributed by atoms with E-state index in [0.29, 0.717) is 40.4 Å². The third kappa shape index (κ3) is 9.94. The van der Waals surface area contributed by atoms with E-state index in [1.165, 1.54) is 0 Å². The van der Waals surface area contributed by atoms with E-state index in [9.17, 15) is 24.0 Å². The van der Waals surface area contributed by atoms with E-state index in [1.807, 2.05) is 40.0 Å². The van der Waals surface area contributed by atoms with Crippen molar-refractivity contribution in [3.8, 4) is 17.6 Å². The zero-order valence-corrected chi connectivity index (χ0v) is 37.9. The molecule has 4 aromatic rings. The summed E-state index contributed by atoms with van der Waals surface area (Å²) in [6.45, 7) is 15.5. The maximum absolute atomic E-state index is 13.6. The number of piperidine rings is 1. The van der Waals surface area contributed by atoms with Gasteiger partial charge in [-0.3, -0.25) is 29.0 Å². The maximum Gasteiger partial charge on any atom is 0.419 e. The Morgan fingerprint density at radius 3 is 2.47 bits per heavy atom. The molecule has 5 heterocycles. The van der Waals surface area contributed by atoms with Crippen LogP contribution in [0.1, 0.15) is 97.0 Å². The van der Waals surface area contributed by atoms with Crippen molar-refractivity contribution in [3.63, 3.8) is 0 Å². The Balaban J connectivity index is 0.985. The summed E-state index contributed by atoms with van der Waals surface area (Å²) in [5, 5.41) is 3.63. The number of amides is 4. The number of aromatic nitrogens is 2. The molecule has 2 aromatic carbocycles. The second kappa shape index (κ2) is 17.9. The van der Waals surface area contributed by atoms with Crippen LogP contribution in [0.3, 0.4) is 0 Å². The van der Waals surface area contributed by atoms with Gasteiger partial charge in [-0.25, -0.2) is 14.3 Å².